The lowest BCUT2D eigenvalue weighted by Crippen LogP contribution is -2.51. The van der Waals surface area contributed by atoms with Gasteiger partial charge in [-0.25, -0.2) is 4.79 Å². The normalized spacial score (nSPS) is 15.8. The number of hydrogen-bond donors (Lipinski definition) is 3. The molecule has 0 aromatic heterocycles. The summed E-state index contributed by atoms with van der Waals surface area (Å²) in [6.07, 6.45) is 0.859. The van der Waals surface area contributed by atoms with Crippen molar-refractivity contribution in [1.29, 1.82) is 0 Å². The molecule has 6 nitrogen and oxygen atoms in total. The predicted molar refractivity (Wildman–Crippen MR) is 63.4 cm³/mol. The molecule has 1 amide bonds. The van der Waals surface area contributed by atoms with Gasteiger partial charge in [0.1, 0.15) is 0 Å². The van der Waals surface area contributed by atoms with Crippen molar-refractivity contribution in [1.82, 2.24) is 10.6 Å². The van der Waals surface area contributed by atoms with Crippen molar-refractivity contribution in [3.8, 4) is 0 Å². The minimum Gasteiger partial charge on any atom is -0.467 e. The fourth-order valence-corrected chi connectivity index (χ4v) is 1.14. The van der Waals surface area contributed by atoms with Crippen LogP contribution in [0.3, 0.4) is 0 Å². The molecule has 2 unspecified atom stereocenters. The van der Waals surface area contributed by atoms with Crippen LogP contribution in [-0.4, -0.2) is 48.8 Å². The van der Waals surface area contributed by atoms with E-state index in [0.717, 1.165) is 6.42 Å². The first-order chi connectivity index (χ1) is 7.85. The Labute approximate surface area is 102 Å². The molecule has 17 heavy (non-hydrogen) atoms. The highest BCUT2D eigenvalue weighted by molar-refractivity contribution is 5.82. The third-order valence-corrected chi connectivity index (χ3v) is 2.32. The van der Waals surface area contributed by atoms with Gasteiger partial charge in [0.2, 0.25) is 5.91 Å². The van der Waals surface area contributed by atoms with Crippen molar-refractivity contribution in [2.75, 3.05) is 20.2 Å². The predicted octanol–water partition coefficient (Wildman–Crippen LogP) is -0.585. The Hall–Kier alpha value is -1.14. The van der Waals surface area contributed by atoms with Crippen molar-refractivity contribution in [3.05, 3.63) is 0 Å². The van der Waals surface area contributed by atoms with Gasteiger partial charge in [-0.15, -0.1) is 0 Å². The minimum atomic E-state index is -1.63. The molecular formula is C11H22N2O4. The molecule has 0 spiro atoms. The maximum atomic E-state index is 11.5. The monoisotopic (exact) mass is 246 g/mol. The molecule has 0 radical (unpaired) electrons. The average Bonchev–Trinajstić information content (AvgIpc) is 2.31. The quantitative estimate of drug-likeness (QED) is 0.523. The third kappa shape index (κ3) is 5.65. The number of amides is 1. The Morgan fingerprint density at radius 1 is 1.47 bits per heavy atom. The summed E-state index contributed by atoms with van der Waals surface area (Å²) in [5, 5.41) is 15.2. The molecule has 3 N–H and O–H groups in total. The highest BCUT2D eigenvalue weighted by Crippen LogP contribution is 2.04. The molecule has 0 heterocycles. The lowest BCUT2D eigenvalue weighted by atomic mass is 10.1. The summed E-state index contributed by atoms with van der Waals surface area (Å²) in [6.45, 7) is 5.53. The van der Waals surface area contributed by atoms with Crippen LogP contribution < -0.4 is 10.6 Å². The molecule has 0 saturated carbocycles. The topological polar surface area (TPSA) is 87.7 Å². The van der Waals surface area contributed by atoms with Gasteiger partial charge in [-0.05, 0) is 20.3 Å². The molecule has 0 aromatic rings. The third-order valence-electron chi connectivity index (χ3n) is 2.32. The molecular weight excluding hydrogens is 224 g/mol. The second-order valence-corrected chi connectivity index (χ2v) is 4.16. The molecule has 0 aromatic carbocycles. The van der Waals surface area contributed by atoms with Crippen LogP contribution in [0.25, 0.3) is 0 Å². The fraction of sp³-hybridized carbons (Fsp3) is 0.818. The van der Waals surface area contributed by atoms with Crippen molar-refractivity contribution < 1.29 is 19.4 Å². The van der Waals surface area contributed by atoms with Gasteiger partial charge in [-0.2, -0.15) is 0 Å². The standard InChI is InChI=1S/C11H22N2O4/c1-5-6-12-9(14)8(2)13-7-11(3,16)10(15)17-4/h8,13,16H,5-7H2,1-4H3,(H,12,14). The van der Waals surface area contributed by atoms with E-state index in [1.807, 2.05) is 6.92 Å². The first kappa shape index (κ1) is 15.9. The number of rotatable bonds is 7. The van der Waals surface area contributed by atoms with Gasteiger partial charge in [0.15, 0.2) is 5.60 Å². The summed E-state index contributed by atoms with van der Waals surface area (Å²) in [4.78, 5) is 22.7. The van der Waals surface area contributed by atoms with Gasteiger partial charge in [0.05, 0.1) is 13.2 Å². The zero-order valence-corrected chi connectivity index (χ0v) is 10.9. The van der Waals surface area contributed by atoms with Gasteiger partial charge >= 0.3 is 5.97 Å². The number of carbonyl (C=O) groups is 2. The van der Waals surface area contributed by atoms with Crippen LogP contribution in [0.4, 0.5) is 0 Å². The number of carbonyl (C=O) groups excluding carboxylic acids is 2. The van der Waals surface area contributed by atoms with Crippen molar-refractivity contribution >= 4 is 11.9 Å². The lowest BCUT2D eigenvalue weighted by molar-refractivity contribution is -0.160. The molecule has 0 aliphatic carbocycles. The van der Waals surface area contributed by atoms with Gasteiger partial charge in [-0.1, -0.05) is 6.92 Å². The Morgan fingerprint density at radius 3 is 2.53 bits per heavy atom. The Kier molecular flexibility index (Phi) is 6.75. The summed E-state index contributed by atoms with van der Waals surface area (Å²) in [7, 11) is 1.20. The number of aliphatic hydroxyl groups is 1. The summed E-state index contributed by atoms with van der Waals surface area (Å²) in [6, 6.07) is -0.474. The number of nitrogens with one attached hydrogen (secondary N) is 2. The Bertz CT molecular complexity index is 266. The van der Waals surface area contributed by atoms with E-state index < -0.39 is 17.6 Å². The maximum absolute atomic E-state index is 11.5. The highest BCUT2D eigenvalue weighted by Gasteiger charge is 2.32. The number of esters is 1. The van der Waals surface area contributed by atoms with E-state index >= 15 is 0 Å². The van der Waals surface area contributed by atoms with Crippen LogP contribution in [0.15, 0.2) is 0 Å². The SMILES string of the molecule is CCCNC(=O)C(C)NCC(C)(O)C(=O)OC. The van der Waals surface area contributed by atoms with Crippen LogP contribution in [0.2, 0.25) is 0 Å². The first-order valence-corrected chi connectivity index (χ1v) is 5.67. The molecule has 6 heteroatoms. The van der Waals surface area contributed by atoms with E-state index in [2.05, 4.69) is 15.4 Å². The van der Waals surface area contributed by atoms with Gasteiger partial charge in [-0.3, -0.25) is 4.79 Å². The second-order valence-electron chi connectivity index (χ2n) is 4.16. The van der Waals surface area contributed by atoms with Gasteiger partial charge in [0.25, 0.3) is 0 Å². The minimum absolute atomic E-state index is 0.0413. The van der Waals surface area contributed by atoms with E-state index in [4.69, 9.17) is 0 Å². The van der Waals surface area contributed by atoms with Crippen LogP contribution in [0, 0.1) is 0 Å². The summed E-state index contributed by atoms with van der Waals surface area (Å²) >= 11 is 0. The van der Waals surface area contributed by atoms with Crippen LogP contribution in [0.5, 0.6) is 0 Å². The van der Waals surface area contributed by atoms with Crippen LogP contribution in [0.1, 0.15) is 27.2 Å². The first-order valence-electron chi connectivity index (χ1n) is 5.67. The van der Waals surface area contributed by atoms with Crippen LogP contribution in [-0.2, 0) is 14.3 Å². The molecule has 0 aliphatic rings. The number of ether oxygens (including phenoxy) is 1. The maximum Gasteiger partial charge on any atom is 0.338 e. The van der Waals surface area contributed by atoms with E-state index in [1.165, 1.54) is 14.0 Å². The molecule has 0 bridgehead atoms. The summed E-state index contributed by atoms with van der Waals surface area (Å²) in [5.41, 5.74) is -1.63. The van der Waals surface area contributed by atoms with E-state index in [1.54, 1.807) is 6.92 Å². The largest absolute Gasteiger partial charge is 0.467 e. The molecule has 100 valence electrons. The van der Waals surface area contributed by atoms with Gasteiger partial charge < -0.3 is 20.5 Å². The van der Waals surface area contributed by atoms with Gasteiger partial charge in [0, 0.05) is 13.1 Å². The molecule has 0 rings (SSSR count). The fourth-order valence-electron chi connectivity index (χ4n) is 1.14. The Morgan fingerprint density at radius 2 is 2.06 bits per heavy atom. The lowest BCUT2D eigenvalue weighted by Gasteiger charge is -2.23. The molecule has 0 fully saturated rings. The van der Waals surface area contributed by atoms with E-state index in [-0.39, 0.29) is 12.5 Å². The average molecular weight is 246 g/mol. The highest BCUT2D eigenvalue weighted by atomic mass is 16.5. The van der Waals surface area contributed by atoms with E-state index in [0.29, 0.717) is 6.54 Å². The van der Waals surface area contributed by atoms with Crippen molar-refractivity contribution in [3.63, 3.8) is 0 Å². The zero-order chi connectivity index (χ0) is 13.5. The number of methoxy groups -OCH3 is 1. The summed E-state index contributed by atoms with van der Waals surface area (Å²) < 4.78 is 4.44. The zero-order valence-electron chi connectivity index (χ0n) is 10.9. The molecule has 0 aliphatic heterocycles. The number of hydrogen-bond acceptors (Lipinski definition) is 5. The summed E-state index contributed by atoms with van der Waals surface area (Å²) in [5.74, 6) is -0.890. The molecule has 2 atom stereocenters. The van der Waals surface area contributed by atoms with Crippen LogP contribution >= 0.6 is 0 Å². The Balaban J connectivity index is 4.10. The molecule has 0 saturated heterocycles. The second kappa shape index (κ2) is 7.24. The smallest absolute Gasteiger partial charge is 0.338 e. The van der Waals surface area contributed by atoms with Crippen molar-refractivity contribution in [2.24, 2.45) is 0 Å². The van der Waals surface area contributed by atoms with E-state index in [9.17, 15) is 14.7 Å². The van der Waals surface area contributed by atoms with Crippen molar-refractivity contribution in [2.45, 2.75) is 38.8 Å².